The summed E-state index contributed by atoms with van der Waals surface area (Å²) in [4.78, 5) is 18.7. The monoisotopic (exact) mass is 307 g/mol. The number of nitrogens with one attached hydrogen (secondary N) is 1. The van der Waals surface area contributed by atoms with E-state index in [1.54, 1.807) is 24.5 Å². The van der Waals surface area contributed by atoms with Crippen molar-refractivity contribution >= 4 is 17.7 Å². The Morgan fingerprint density at radius 1 is 1.38 bits per heavy atom. The number of nitrogens with zero attached hydrogens (tertiary/aromatic N) is 2. The number of pyridine rings is 1. The van der Waals surface area contributed by atoms with Gasteiger partial charge in [-0.3, -0.25) is 14.7 Å². The van der Waals surface area contributed by atoms with Crippen molar-refractivity contribution in [3.8, 4) is 0 Å². The number of hydrogen-bond acceptors (Lipinski definition) is 5. The van der Waals surface area contributed by atoms with E-state index in [9.17, 15) is 4.79 Å². The molecule has 0 aromatic carbocycles. The minimum Gasteiger partial charge on any atom is -0.379 e. The highest BCUT2D eigenvalue weighted by Crippen LogP contribution is 2.33. The lowest BCUT2D eigenvalue weighted by atomic mass is 9.95. The van der Waals surface area contributed by atoms with Crippen LogP contribution in [0, 0.1) is 0 Å². The Balaban J connectivity index is 1.64. The number of carbonyl (C=O) groups is 1. The quantitative estimate of drug-likeness (QED) is 0.900. The van der Waals surface area contributed by atoms with Crippen LogP contribution in [0.4, 0.5) is 0 Å². The minimum atomic E-state index is -0.0121. The van der Waals surface area contributed by atoms with Gasteiger partial charge in [0, 0.05) is 48.9 Å². The van der Waals surface area contributed by atoms with Crippen molar-refractivity contribution in [2.75, 3.05) is 44.4 Å². The van der Waals surface area contributed by atoms with Crippen LogP contribution in [-0.4, -0.2) is 65.7 Å². The fourth-order valence-corrected chi connectivity index (χ4v) is 4.46. The van der Waals surface area contributed by atoms with E-state index in [0.717, 1.165) is 38.5 Å². The van der Waals surface area contributed by atoms with Gasteiger partial charge < -0.3 is 10.1 Å². The fraction of sp³-hybridized carbons (Fsp3) is 0.600. The van der Waals surface area contributed by atoms with Gasteiger partial charge in [-0.25, -0.2) is 0 Å². The van der Waals surface area contributed by atoms with Crippen LogP contribution in [0.1, 0.15) is 16.8 Å². The number of carbonyl (C=O) groups excluding carboxylic acids is 1. The fourth-order valence-electron chi connectivity index (χ4n) is 2.98. The molecule has 0 aliphatic carbocycles. The minimum absolute atomic E-state index is 0.0121. The van der Waals surface area contributed by atoms with Crippen molar-refractivity contribution in [1.82, 2.24) is 15.2 Å². The number of rotatable bonds is 4. The van der Waals surface area contributed by atoms with Crippen molar-refractivity contribution in [3.05, 3.63) is 30.1 Å². The molecule has 2 aliphatic rings. The van der Waals surface area contributed by atoms with Crippen molar-refractivity contribution in [2.24, 2.45) is 0 Å². The SMILES string of the molecule is O=C(NC[C@]1(N2CCOCC2)CCSC1)c1ccncc1. The third kappa shape index (κ3) is 3.39. The summed E-state index contributed by atoms with van der Waals surface area (Å²) >= 11 is 1.98. The molecule has 5 nitrogen and oxygen atoms in total. The molecule has 0 radical (unpaired) electrons. The summed E-state index contributed by atoms with van der Waals surface area (Å²) in [6, 6.07) is 3.50. The Labute approximate surface area is 129 Å². The van der Waals surface area contributed by atoms with E-state index in [2.05, 4.69) is 15.2 Å². The summed E-state index contributed by atoms with van der Waals surface area (Å²) in [7, 11) is 0. The van der Waals surface area contributed by atoms with Crippen LogP contribution in [0.5, 0.6) is 0 Å². The molecule has 6 heteroatoms. The maximum Gasteiger partial charge on any atom is 0.251 e. The van der Waals surface area contributed by atoms with Gasteiger partial charge in [0.15, 0.2) is 0 Å². The third-order valence-electron chi connectivity index (χ3n) is 4.28. The Kier molecular flexibility index (Phi) is 4.77. The molecule has 0 spiro atoms. The molecule has 3 rings (SSSR count). The molecule has 0 saturated carbocycles. The summed E-state index contributed by atoms with van der Waals surface area (Å²) in [5.74, 6) is 2.24. The standard InChI is InChI=1S/C15H21N3O2S/c19-14(13-1-4-16-5-2-13)17-11-15(3-10-21-12-15)18-6-8-20-9-7-18/h1-2,4-5H,3,6-12H2,(H,17,19)/t15-/m1/s1. The second-order valence-corrected chi connectivity index (χ2v) is 6.65. The molecule has 1 aromatic heterocycles. The molecule has 0 unspecified atom stereocenters. The van der Waals surface area contributed by atoms with E-state index < -0.39 is 0 Å². The van der Waals surface area contributed by atoms with Crippen LogP contribution in [-0.2, 0) is 4.74 Å². The van der Waals surface area contributed by atoms with Gasteiger partial charge in [0.1, 0.15) is 0 Å². The van der Waals surface area contributed by atoms with Gasteiger partial charge >= 0.3 is 0 Å². The van der Waals surface area contributed by atoms with Crippen molar-refractivity contribution in [3.63, 3.8) is 0 Å². The van der Waals surface area contributed by atoms with Gasteiger partial charge in [0.2, 0.25) is 0 Å². The first-order chi connectivity index (χ1) is 10.3. The second-order valence-electron chi connectivity index (χ2n) is 5.54. The Hall–Kier alpha value is -1.11. The lowest BCUT2D eigenvalue weighted by Crippen LogP contribution is -2.59. The van der Waals surface area contributed by atoms with E-state index in [-0.39, 0.29) is 11.4 Å². The first-order valence-corrected chi connectivity index (χ1v) is 8.54. The molecular weight excluding hydrogens is 286 g/mol. The molecule has 114 valence electrons. The maximum atomic E-state index is 12.2. The van der Waals surface area contributed by atoms with Crippen LogP contribution >= 0.6 is 11.8 Å². The largest absolute Gasteiger partial charge is 0.379 e. The number of hydrogen-bond donors (Lipinski definition) is 1. The lowest BCUT2D eigenvalue weighted by molar-refractivity contribution is -0.0129. The molecule has 2 fully saturated rings. The molecule has 0 bridgehead atoms. The van der Waals surface area contributed by atoms with E-state index in [4.69, 9.17) is 4.74 Å². The smallest absolute Gasteiger partial charge is 0.251 e. The van der Waals surface area contributed by atoms with E-state index in [1.807, 2.05) is 11.8 Å². The molecule has 1 N–H and O–H groups in total. The highest BCUT2D eigenvalue weighted by Gasteiger charge is 2.40. The number of thioether (sulfide) groups is 1. The van der Waals surface area contributed by atoms with E-state index in [0.29, 0.717) is 12.1 Å². The van der Waals surface area contributed by atoms with Gasteiger partial charge in [0.25, 0.3) is 5.91 Å². The summed E-state index contributed by atoms with van der Waals surface area (Å²) in [5, 5.41) is 3.12. The van der Waals surface area contributed by atoms with Gasteiger partial charge in [-0.15, -0.1) is 0 Å². The van der Waals surface area contributed by atoms with E-state index in [1.165, 1.54) is 5.75 Å². The zero-order valence-corrected chi connectivity index (χ0v) is 12.9. The van der Waals surface area contributed by atoms with Gasteiger partial charge in [-0.05, 0) is 24.3 Å². The topological polar surface area (TPSA) is 54.5 Å². The highest BCUT2D eigenvalue weighted by molar-refractivity contribution is 7.99. The van der Waals surface area contributed by atoms with E-state index >= 15 is 0 Å². The molecule has 1 aromatic rings. The van der Waals surface area contributed by atoms with Crippen LogP contribution in [0.15, 0.2) is 24.5 Å². The van der Waals surface area contributed by atoms with Gasteiger partial charge in [-0.1, -0.05) is 0 Å². The van der Waals surface area contributed by atoms with Crippen molar-refractivity contribution in [2.45, 2.75) is 12.0 Å². The number of morpholine rings is 1. The van der Waals surface area contributed by atoms with Crippen molar-refractivity contribution in [1.29, 1.82) is 0 Å². The molecular formula is C15H21N3O2S. The number of ether oxygens (including phenoxy) is 1. The summed E-state index contributed by atoms with van der Waals surface area (Å²) in [6.45, 7) is 4.23. The van der Waals surface area contributed by atoms with Crippen LogP contribution in [0.3, 0.4) is 0 Å². The van der Waals surface area contributed by atoms with Gasteiger partial charge in [0.05, 0.1) is 13.2 Å². The predicted octanol–water partition coefficient (Wildman–Crippen LogP) is 1.02. The van der Waals surface area contributed by atoms with Crippen LogP contribution < -0.4 is 5.32 Å². The molecule has 1 atom stereocenters. The van der Waals surface area contributed by atoms with Gasteiger partial charge in [-0.2, -0.15) is 11.8 Å². The second kappa shape index (κ2) is 6.77. The number of amides is 1. The highest BCUT2D eigenvalue weighted by atomic mass is 32.2. The Morgan fingerprint density at radius 3 is 2.81 bits per heavy atom. The number of aromatic nitrogens is 1. The maximum absolute atomic E-state index is 12.2. The summed E-state index contributed by atoms with van der Waals surface area (Å²) in [6.07, 6.45) is 4.43. The normalized spacial score (nSPS) is 26.7. The first-order valence-electron chi connectivity index (χ1n) is 7.39. The predicted molar refractivity (Wildman–Crippen MR) is 83.6 cm³/mol. The summed E-state index contributed by atoms with van der Waals surface area (Å²) in [5.41, 5.74) is 0.768. The molecule has 21 heavy (non-hydrogen) atoms. The first kappa shape index (κ1) is 14.8. The molecule has 2 saturated heterocycles. The van der Waals surface area contributed by atoms with Crippen LogP contribution in [0.25, 0.3) is 0 Å². The third-order valence-corrected chi connectivity index (χ3v) is 5.52. The lowest BCUT2D eigenvalue weighted by Gasteiger charge is -2.43. The summed E-state index contributed by atoms with van der Waals surface area (Å²) < 4.78 is 5.46. The molecule has 2 aliphatic heterocycles. The van der Waals surface area contributed by atoms with Crippen LogP contribution in [0.2, 0.25) is 0 Å². The zero-order valence-electron chi connectivity index (χ0n) is 12.1. The van der Waals surface area contributed by atoms with Crippen molar-refractivity contribution < 1.29 is 9.53 Å². The molecule has 3 heterocycles. The average Bonchev–Trinajstić information content (AvgIpc) is 3.04. The Morgan fingerprint density at radius 2 is 2.14 bits per heavy atom. The molecule has 1 amide bonds. The average molecular weight is 307 g/mol. The zero-order chi connectivity index (χ0) is 14.5. The Bertz CT molecular complexity index is 471.